The van der Waals surface area contributed by atoms with Crippen LogP contribution in [0.15, 0.2) is 0 Å². The number of unbranched alkanes of at least 4 members (excludes halogenated alkanes) is 1. The van der Waals surface area contributed by atoms with Crippen molar-refractivity contribution in [1.82, 2.24) is 0 Å². The van der Waals surface area contributed by atoms with Gasteiger partial charge in [0.2, 0.25) is 0 Å². The third-order valence-electron chi connectivity index (χ3n) is 1.23. The average Bonchev–Trinajstić information content (AvgIpc) is 1.94. The third-order valence-corrected chi connectivity index (χ3v) is 1.23. The minimum Gasteiger partial charge on any atom is -0.396 e. The maximum atomic E-state index is 11.5. The minimum absolute atomic E-state index is 0.0582. The summed E-state index contributed by atoms with van der Waals surface area (Å²) in [4.78, 5) is 0. The lowest BCUT2D eigenvalue weighted by atomic mass is 10.3. The second kappa shape index (κ2) is 6.25. The molecule has 0 radical (unpaired) electrons. The van der Waals surface area contributed by atoms with E-state index < -0.39 is 12.6 Å². The maximum absolute atomic E-state index is 11.5. The fourth-order valence-electron chi connectivity index (χ4n) is 0.606. The van der Waals surface area contributed by atoms with Gasteiger partial charge in [-0.05, 0) is 12.8 Å². The average molecular weight is 186 g/mol. The summed E-state index contributed by atoms with van der Waals surface area (Å²) in [6.45, 7) is 0.0637. The van der Waals surface area contributed by atoms with Gasteiger partial charge in [-0.3, -0.25) is 0 Å². The van der Waals surface area contributed by atoms with Gasteiger partial charge in [0.15, 0.2) is 0 Å². The Labute approximate surface area is 69.3 Å². The highest BCUT2D eigenvalue weighted by Crippen LogP contribution is 2.18. The number of aliphatic hydroxyl groups excluding tert-OH is 1. The molecule has 0 spiro atoms. The van der Waals surface area contributed by atoms with Crippen LogP contribution in [0, 0.1) is 0 Å². The molecule has 0 aliphatic heterocycles. The van der Waals surface area contributed by atoms with Gasteiger partial charge < -0.3 is 9.84 Å². The van der Waals surface area contributed by atoms with E-state index in [1.54, 1.807) is 0 Å². The van der Waals surface area contributed by atoms with Crippen LogP contribution in [-0.4, -0.2) is 31.1 Å². The first kappa shape index (κ1) is 11.7. The van der Waals surface area contributed by atoms with Gasteiger partial charge in [0.1, 0.15) is 0 Å². The Bertz CT molecular complexity index is 103. The Morgan fingerprint density at radius 1 is 1.08 bits per heavy atom. The molecular weight excluding hydrogens is 173 g/mol. The van der Waals surface area contributed by atoms with Crippen LogP contribution in [0.1, 0.15) is 19.3 Å². The van der Waals surface area contributed by atoms with Crippen molar-refractivity contribution in [2.24, 2.45) is 0 Å². The number of hydrogen-bond acceptors (Lipinski definition) is 2. The zero-order valence-corrected chi connectivity index (χ0v) is 6.73. The van der Waals surface area contributed by atoms with E-state index in [1.165, 1.54) is 0 Å². The normalized spacial score (nSPS) is 12.0. The summed E-state index contributed by atoms with van der Waals surface area (Å²) < 4.78 is 39.2. The smallest absolute Gasteiger partial charge is 0.391 e. The molecule has 0 aliphatic rings. The highest BCUT2D eigenvalue weighted by molar-refractivity contribution is 4.48. The van der Waals surface area contributed by atoms with Crippen molar-refractivity contribution in [1.29, 1.82) is 0 Å². The van der Waals surface area contributed by atoms with Crippen molar-refractivity contribution in [2.75, 3.05) is 19.8 Å². The third kappa shape index (κ3) is 9.71. The molecule has 0 aromatic carbocycles. The van der Waals surface area contributed by atoms with E-state index >= 15 is 0 Å². The van der Waals surface area contributed by atoms with Gasteiger partial charge in [0, 0.05) is 13.2 Å². The van der Waals surface area contributed by atoms with Crippen LogP contribution in [0.3, 0.4) is 0 Å². The summed E-state index contributed by atoms with van der Waals surface area (Å²) >= 11 is 0. The number of alkyl halides is 3. The van der Waals surface area contributed by atoms with Crippen molar-refractivity contribution in [3.63, 3.8) is 0 Å². The number of hydrogen-bond donors (Lipinski definition) is 1. The molecule has 74 valence electrons. The molecule has 0 aromatic heterocycles. The molecule has 0 heterocycles. The second-order valence-electron chi connectivity index (χ2n) is 2.41. The van der Waals surface area contributed by atoms with Gasteiger partial charge in [-0.15, -0.1) is 0 Å². The van der Waals surface area contributed by atoms with Crippen LogP contribution < -0.4 is 0 Å². The summed E-state index contributed by atoms with van der Waals surface area (Å²) in [6.07, 6.45) is -3.84. The molecule has 0 bridgehead atoms. The standard InChI is InChI=1S/C7H13F3O2/c8-7(9,10)3-6-12-5-2-1-4-11/h11H,1-6H2. The molecule has 0 fully saturated rings. The van der Waals surface area contributed by atoms with Crippen molar-refractivity contribution in [2.45, 2.75) is 25.4 Å². The molecule has 12 heavy (non-hydrogen) atoms. The van der Waals surface area contributed by atoms with E-state index in [9.17, 15) is 13.2 Å². The number of rotatable bonds is 6. The lowest BCUT2D eigenvalue weighted by Crippen LogP contribution is -2.12. The number of halogens is 3. The minimum atomic E-state index is -4.13. The molecule has 0 saturated carbocycles. The number of ether oxygens (including phenoxy) is 1. The van der Waals surface area contributed by atoms with Gasteiger partial charge in [0.25, 0.3) is 0 Å². The Morgan fingerprint density at radius 3 is 2.25 bits per heavy atom. The summed E-state index contributed by atoms with van der Waals surface area (Å²) in [5.41, 5.74) is 0. The predicted octanol–water partition coefficient (Wildman–Crippen LogP) is 1.73. The summed E-state index contributed by atoms with van der Waals surface area (Å²) in [7, 11) is 0. The molecule has 0 atom stereocenters. The first-order valence-corrected chi connectivity index (χ1v) is 3.81. The second-order valence-corrected chi connectivity index (χ2v) is 2.41. The van der Waals surface area contributed by atoms with Crippen molar-refractivity contribution >= 4 is 0 Å². The molecule has 0 unspecified atom stereocenters. The van der Waals surface area contributed by atoms with Crippen LogP contribution in [0.4, 0.5) is 13.2 Å². The largest absolute Gasteiger partial charge is 0.396 e. The van der Waals surface area contributed by atoms with Gasteiger partial charge in [-0.2, -0.15) is 13.2 Å². The van der Waals surface area contributed by atoms with E-state index in [1.807, 2.05) is 0 Å². The van der Waals surface area contributed by atoms with Gasteiger partial charge in [0.05, 0.1) is 13.0 Å². The molecule has 0 rings (SSSR count). The van der Waals surface area contributed by atoms with E-state index in [0.717, 1.165) is 0 Å². The highest BCUT2D eigenvalue weighted by Gasteiger charge is 2.26. The maximum Gasteiger partial charge on any atom is 0.391 e. The number of aliphatic hydroxyl groups is 1. The molecular formula is C7H13F3O2. The Balaban J connectivity index is 3.01. The fraction of sp³-hybridized carbons (Fsp3) is 1.00. The monoisotopic (exact) mass is 186 g/mol. The first-order valence-electron chi connectivity index (χ1n) is 3.81. The zero-order valence-electron chi connectivity index (χ0n) is 6.73. The van der Waals surface area contributed by atoms with Crippen LogP contribution in [0.5, 0.6) is 0 Å². The zero-order chi connectivity index (χ0) is 9.45. The Kier molecular flexibility index (Phi) is 6.10. The Morgan fingerprint density at radius 2 is 1.75 bits per heavy atom. The van der Waals surface area contributed by atoms with Gasteiger partial charge in [-0.1, -0.05) is 0 Å². The summed E-state index contributed by atoms with van der Waals surface area (Å²) in [5.74, 6) is 0. The van der Waals surface area contributed by atoms with E-state index in [2.05, 4.69) is 4.74 Å². The fourth-order valence-corrected chi connectivity index (χ4v) is 0.606. The first-order chi connectivity index (χ1) is 5.56. The van der Waals surface area contributed by atoms with Crippen LogP contribution in [-0.2, 0) is 4.74 Å². The van der Waals surface area contributed by atoms with Crippen LogP contribution in [0.25, 0.3) is 0 Å². The van der Waals surface area contributed by atoms with E-state index in [0.29, 0.717) is 12.8 Å². The molecule has 0 aliphatic carbocycles. The highest BCUT2D eigenvalue weighted by atomic mass is 19.4. The topological polar surface area (TPSA) is 29.5 Å². The quantitative estimate of drug-likeness (QED) is 0.640. The molecule has 5 heteroatoms. The van der Waals surface area contributed by atoms with Crippen molar-refractivity contribution in [3.8, 4) is 0 Å². The molecule has 2 nitrogen and oxygen atoms in total. The van der Waals surface area contributed by atoms with Gasteiger partial charge >= 0.3 is 6.18 Å². The molecule has 0 saturated heterocycles. The lowest BCUT2D eigenvalue weighted by molar-refractivity contribution is -0.145. The molecule has 1 N–H and O–H groups in total. The SMILES string of the molecule is OCCCCOCCC(F)(F)F. The molecule has 0 aromatic rings. The van der Waals surface area contributed by atoms with Crippen LogP contribution >= 0.6 is 0 Å². The van der Waals surface area contributed by atoms with Crippen molar-refractivity contribution < 1.29 is 23.0 Å². The van der Waals surface area contributed by atoms with Crippen LogP contribution in [0.2, 0.25) is 0 Å². The van der Waals surface area contributed by atoms with E-state index in [4.69, 9.17) is 5.11 Å². The molecule has 0 amide bonds. The van der Waals surface area contributed by atoms with E-state index in [-0.39, 0.29) is 19.8 Å². The predicted molar refractivity (Wildman–Crippen MR) is 37.8 cm³/mol. The lowest BCUT2D eigenvalue weighted by Gasteiger charge is -2.06. The van der Waals surface area contributed by atoms with Crippen molar-refractivity contribution in [3.05, 3.63) is 0 Å². The Hall–Kier alpha value is -0.290. The summed E-state index contributed by atoms with van der Waals surface area (Å²) in [5, 5.41) is 8.32. The summed E-state index contributed by atoms with van der Waals surface area (Å²) in [6, 6.07) is 0. The van der Waals surface area contributed by atoms with Gasteiger partial charge in [-0.25, -0.2) is 0 Å².